The zero-order valence-corrected chi connectivity index (χ0v) is 39.0. The third-order valence-electron chi connectivity index (χ3n) is 12.5. The van der Waals surface area contributed by atoms with Gasteiger partial charge in [-0.3, -0.25) is 0 Å². The van der Waals surface area contributed by atoms with E-state index in [1.807, 2.05) is 57.5 Å². The van der Waals surface area contributed by atoms with Crippen molar-refractivity contribution in [3.8, 4) is 83.9 Å². The van der Waals surface area contributed by atoms with Crippen LogP contribution in [0.4, 0.5) is 0 Å². The van der Waals surface area contributed by atoms with Gasteiger partial charge in [-0.2, -0.15) is 0 Å². The van der Waals surface area contributed by atoms with Crippen LogP contribution < -0.4 is 9.47 Å². The van der Waals surface area contributed by atoms with Gasteiger partial charge in [0.05, 0.1) is 14.2 Å². The van der Waals surface area contributed by atoms with Crippen LogP contribution >= 0.6 is 45.3 Å². The summed E-state index contributed by atoms with van der Waals surface area (Å²) in [5, 5.41) is 0. The topological polar surface area (TPSA) is 18.5 Å². The predicted octanol–water partition coefficient (Wildman–Crippen LogP) is 18.2. The number of methoxy groups -OCH3 is 2. The third-order valence-corrected chi connectivity index (χ3v) is 17.4. The van der Waals surface area contributed by atoms with Gasteiger partial charge >= 0.3 is 0 Å². The second-order valence-corrected chi connectivity index (χ2v) is 20.7. The molecule has 9 rings (SSSR count). The van der Waals surface area contributed by atoms with E-state index in [1.165, 1.54) is 137 Å². The molecule has 0 N–H and O–H groups in total. The number of fused-ring (bicyclic) bond motifs is 3. The SMILES string of the molecule is CCCCCCC1(CCCCCC)c2cc(-c3ccc(-c4ccc(OC)cc4)s3)ccc2-c2ccc(-c3ccc(-c4ccc(-c5ccc(-c6ccc(OC)cc6)s5)s4)s3)cc21. The summed E-state index contributed by atoms with van der Waals surface area (Å²) in [4.78, 5) is 10.5. The molecule has 0 saturated carbocycles. The van der Waals surface area contributed by atoms with Crippen LogP contribution in [0.3, 0.4) is 0 Å². The Kier molecular flexibility index (Phi) is 12.8. The molecule has 4 aromatic heterocycles. The molecule has 2 nitrogen and oxygen atoms in total. The van der Waals surface area contributed by atoms with Gasteiger partial charge in [-0.1, -0.05) is 89.5 Å². The molecule has 310 valence electrons. The predicted molar refractivity (Wildman–Crippen MR) is 267 cm³/mol. The molecule has 0 radical (unpaired) electrons. The van der Waals surface area contributed by atoms with E-state index in [0.29, 0.717) is 0 Å². The normalized spacial score (nSPS) is 12.7. The Labute approximate surface area is 378 Å². The van der Waals surface area contributed by atoms with Crippen molar-refractivity contribution in [3.63, 3.8) is 0 Å². The van der Waals surface area contributed by atoms with Gasteiger partial charge in [-0.25, -0.2) is 0 Å². The standard InChI is InChI=1S/C55H54O2S4/c1-5-7-9-11-33-55(34-12-10-8-6-2)45-35-39(49-26-25-47(58-49)37-13-19-41(56-3)20-14-37)17-23-43(45)44-24-18-40(36-46(44)55)50-28-30-52(60-50)54-32-31-53(61-54)51-29-27-48(59-51)38-15-21-42(57-4)22-16-38/h13-32,35-36H,5-12,33-34H2,1-4H3. The molecule has 0 atom stereocenters. The number of thiophene rings is 4. The van der Waals surface area contributed by atoms with Crippen molar-refractivity contribution in [2.45, 2.75) is 83.5 Å². The molecule has 0 saturated heterocycles. The van der Waals surface area contributed by atoms with Crippen LogP contribution in [0.15, 0.2) is 133 Å². The summed E-state index contributed by atoms with van der Waals surface area (Å²) in [5.74, 6) is 1.78. The highest BCUT2D eigenvalue weighted by Crippen LogP contribution is 2.56. The molecule has 0 spiro atoms. The molecule has 0 amide bonds. The van der Waals surface area contributed by atoms with Gasteiger partial charge in [0.2, 0.25) is 0 Å². The van der Waals surface area contributed by atoms with E-state index < -0.39 is 0 Å². The molecule has 6 heteroatoms. The lowest BCUT2D eigenvalue weighted by molar-refractivity contribution is 0.401. The average Bonchev–Trinajstić information content (AvgIpc) is 4.17. The van der Waals surface area contributed by atoms with Crippen molar-refractivity contribution in [2.24, 2.45) is 0 Å². The maximum Gasteiger partial charge on any atom is 0.118 e. The molecule has 0 unspecified atom stereocenters. The van der Waals surface area contributed by atoms with Crippen LogP contribution in [0.25, 0.3) is 72.4 Å². The van der Waals surface area contributed by atoms with E-state index in [1.54, 1.807) is 25.3 Å². The molecule has 61 heavy (non-hydrogen) atoms. The summed E-state index contributed by atoms with van der Waals surface area (Å²) in [7, 11) is 3.44. The van der Waals surface area contributed by atoms with Crippen molar-refractivity contribution in [3.05, 3.63) is 145 Å². The fraction of sp³-hybridized carbons (Fsp3) is 0.273. The van der Waals surface area contributed by atoms with Crippen LogP contribution in [0, 0.1) is 0 Å². The first-order chi connectivity index (χ1) is 30.0. The van der Waals surface area contributed by atoms with E-state index in [4.69, 9.17) is 9.47 Å². The number of benzene rings is 4. The molecule has 8 aromatic rings. The zero-order valence-electron chi connectivity index (χ0n) is 35.7. The molecular weight excluding hydrogens is 821 g/mol. The molecular formula is C55H54O2S4. The number of rotatable bonds is 18. The van der Waals surface area contributed by atoms with Crippen molar-refractivity contribution in [2.75, 3.05) is 14.2 Å². The largest absolute Gasteiger partial charge is 0.497 e. The molecule has 0 aliphatic heterocycles. The smallest absolute Gasteiger partial charge is 0.118 e. The van der Waals surface area contributed by atoms with Crippen LogP contribution in [0.5, 0.6) is 11.5 Å². The summed E-state index contributed by atoms with van der Waals surface area (Å²) in [6.07, 6.45) is 12.6. The number of hydrogen-bond donors (Lipinski definition) is 0. The number of ether oxygens (including phenoxy) is 2. The number of hydrogen-bond acceptors (Lipinski definition) is 6. The average molecular weight is 875 g/mol. The Morgan fingerprint density at radius 1 is 0.361 bits per heavy atom. The maximum atomic E-state index is 5.44. The van der Waals surface area contributed by atoms with Crippen LogP contribution in [0.1, 0.15) is 89.2 Å². The van der Waals surface area contributed by atoms with Gasteiger partial charge in [0.25, 0.3) is 0 Å². The Hall–Kier alpha value is -4.72. The van der Waals surface area contributed by atoms with Gasteiger partial charge in [-0.15, -0.1) is 45.3 Å². The summed E-state index contributed by atoms with van der Waals surface area (Å²) >= 11 is 7.57. The minimum atomic E-state index is 0.00235. The first-order valence-electron chi connectivity index (χ1n) is 22.0. The van der Waals surface area contributed by atoms with Gasteiger partial charge in [0.15, 0.2) is 0 Å². The van der Waals surface area contributed by atoms with Gasteiger partial charge in [0, 0.05) is 44.4 Å². The van der Waals surface area contributed by atoms with Crippen LogP contribution in [-0.2, 0) is 5.41 Å². The fourth-order valence-corrected chi connectivity index (χ4v) is 13.4. The van der Waals surface area contributed by atoms with Crippen molar-refractivity contribution in [1.29, 1.82) is 0 Å². The highest BCUT2D eigenvalue weighted by atomic mass is 32.1. The monoisotopic (exact) mass is 874 g/mol. The van der Waals surface area contributed by atoms with Gasteiger partial charge < -0.3 is 9.47 Å². The maximum absolute atomic E-state index is 5.44. The van der Waals surface area contributed by atoms with Crippen molar-refractivity contribution in [1.82, 2.24) is 0 Å². The highest BCUT2D eigenvalue weighted by Gasteiger charge is 2.42. The molecule has 4 heterocycles. The Morgan fingerprint density at radius 3 is 1.07 bits per heavy atom. The minimum Gasteiger partial charge on any atom is -0.497 e. The highest BCUT2D eigenvalue weighted by molar-refractivity contribution is 7.28. The summed E-state index contributed by atoms with van der Waals surface area (Å²) in [6.45, 7) is 4.66. The lowest BCUT2D eigenvalue weighted by Gasteiger charge is -2.33. The lowest BCUT2D eigenvalue weighted by atomic mass is 9.70. The Balaban J connectivity index is 1.04. The van der Waals surface area contributed by atoms with Crippen LogP contribution in [0.2, 0.25) is 0 Å². The van der Waals surface area contributed by atoms with E-state index >= 15 is 0 Å². The second kappa shape index (κ2) is 18.7. The molecule has 1 aliphatic rings. The van der Waals surface area contributed by atoms with Gasteiger partial charge in [-0.05, 0) is 167 Å². The van der Waals surface area contributed by atoms with E-state index in [9.17, 15) is 0 Å². The Bertz CT molecular complexity index is 2690. The summed E-state index contributed by atoms with van der Waals surface area (Å²) in [5.41, 5.74) is 11.1. The lowest BCUT2D eigenvalue weighted by Crippen LogP contribution is -2.25. The molecule has 4 aromatic carbocycles. The number of unbranched alkanes of at least 4 members (excludes halogenated alkanes) is 6. The fourth-order valence-electron chi connectivity index (χ4n) is 9.18. The van der Waals surface area contributed by atoms with Crippen molar-refractivity contribution < 1.29 is 9.47 Å². The van der Waals surface area contributed by atoms with E-state index in [-0.39, 0.29) is 5.41 Å². The quantitative estimate of drug-likeness (QED) is 0.0800. The van der Waals surface area contributed by atoms with E-state index in [2.05, 4.69) is 135 Å². The van der Waals surface area contributed by atoms with E-state index in [0.717, 1.165) is 11.5 Å². The van der Waals surface area contributed by atoms with Crippen LogP contribution in [-0.4, -0.2) is 14.2 Å². The molecule has 0 bridgehead atoms. The molecule has 1 aliphatic carbocycles. The van der Waals surface area contributed by atoms with Crippen molar-refractivity contribution >= 4 is 45.3 Å². The van der Waals surface area contributed by atoms with Gasteiger partial charge in [0.1, 0.15) is 11.5 Å². The first-order valence-corrected chi connectivity index (χ1v) is 25.3. The summed E-state index contributed by atoms with van der Waals surface area (Å²) in [6, 6.07) is 50.1. The molecule has 0 fully saturated rings. The Morgan fingerprint density at radius 2 is 0.689 bits per heavy atom. The first kappa shape index (κ1) is 41.6. The summed E-state index contributed by atoms with van der Waals surface area (Å²) < 4.78 is 10.8. The zero-order chi connectivity index (χ0) is 41.8. The third kappa shape index (κ3) is 8.57. The second-order valence-electron chi connectivity index (χ2n) is 16.3. The minimum absolute atomic E-state index is 0.00235.